The number of hydrazine groups is 1. The van der Waals surface area contributed by atoms with Crippen molar-refractivity contribution in [1.29, 1.82) is 0 Å². The molecule has 3 rings (SSSR count). The molecule has 1 saturated carbocycles. The first-order valence-electron chi connectivity index (χ1n) is 11.2. The summed E-state index contributed by atoms with van der Waals surface area (Å²) in [4.78, 5) is 36.7. The van der Waals surface area contributed by atoms with Gasteiger partial charge in [0.05, 0.1) is 0 Å². The Balaban J connectivity index is 1.44. The highest BCUT2D eigenvalue weighted by Crippen LogP contribution is 2.26. The van der Waals surface area contributed by atoms with Crippen LogP contribution >= 0.6 is 0 Å². The third-order valence-corrected chi connectivity index (χ3v) is 5.61. The Labute approximate surface area is 188 Å². The summed E-state index contributed by atoms with van der Waals surface area (Å²) in [6, 6.07) is 14.1. The molecule has 0 spiro atoms. The van der Waals surface area contributed by atoms with Crippen molar-refractivity contribution in [2.75, 3.05) is 11.9 Å². The van der Waals surface area contributed by atoms with E-state index >= 15 is 0 Å². The van der Waals surface area contributed by atoms with Crippen molar-refractivity contribution in [2.45, 2.75) is 51.9 Å². The number of nitrogens with one attached hydrogen (secondary N) is 3. The molecule has 7 nitrogen and oxygen atoms in total. The summed E-state index contributed by atoms with van der Waals surface area (Å²) < 4.78 is 5.60. The number of anilines is 1. The monoisotopic (exact) mass is 437 g/mol. The van der Waals surface area contributed by atoms with Crippen molar-refractivity contribution in [3.63, 3.8) is 0 Å². The van der Waals surface area contributed by atoms with Gasteiger partial charge in [0.15, 0.2) is 6.61 Å². The second-order valence-corrected chi connectivity index (χ2v) is 8.39. The van der Waals surface area contributed by atoms with Gasteiger partial charge < -0.3 is 10.1 Å². The zero-order valence-corrected chi connectivity index (χ0v) is 18.6. The number of benzene rings is 2. The van der Waals surface area contributed by atoms with Crippen molar-refractivity contribution in [3.8, 4) is 5.75 Å². The van der Waals surface area contributed by atoms with Crippen LogP contribution in [0.25, 0.3) is 0 Å². The topological polar surface area (TPSA) is 96.5 Å². The Hall–Kier alpha value is -3.35. The van der Waals surface area contributed by atoms with Gasteiger partial charge in [-0.15, -0.1) is 0 Å². The molecular formula is C25H31N3O4. The van der Waals surface area contributed by atoms with E-state index in [4.69, 9.17) is 4.74 Å². The number of hydrogen-bond acceptors (Lipinski definition) is 4. The zero-order valence-electron chi connectivity index (χ0n) is 18.6. The molecule has 32 heavy (non-hydrogen) atoms. The van der Waals surface area contributed by atoms with E-state index in [0.717, 1.165) is 31.2 Å². The molecule has 0 bridgehead atoms. The third kappa shape index (κ3) is 6.57. The number of carbonyl (C=O) groups is 3. The smallest absolute Gasteiger partial charge is 0.276 e. The van der Waals surface area contributed by atoms with Crippen LogP contribution in [0.2, 0.25) is 0 Å². The molecule has 0 atom stereocenters. The van der Waals surface area contributed by atoms with Crippen LogP contribution in [0.1, 0.15) is 67.8 Å². The maximum Gasteiger partial charge on any atom is 0.276 e. The summed E-state index contributed by atoms with van der Waals surface area (Å²) >= 11 is 0. The molecule has 0 heterocycles. The quantitative estimate of drug-likeness (QED) is 0.567. The van der Waals surface area contributed by atoms with E-state index < -0.39 is 11.8 Å². The molecule has 0 aliphatic heterocycles. The lowest BCUT2D eigenvalue weighted by Crippen LogP contribution is -2.43. The van der Waals surface area contributed by atoms with Crippen LogP contribution in [0.5, 0.6) is 5.75 Å². The van der Waals surface area contributed by atoms with Crippen LogP contribution in [-0.2, 0) is 9.59 Å². The summed E-state index contributed by atoms with van der Waals surface area (Å²) in [7, 11) is 0. The molecule has 0 radical (unpaired) electrons. The van der Waals surface area contributed by atoms with Gasteiger partial charge in [-0.2, -0.15) is 0 Å². The lowest BCUT2D eigenvalue weighted by atomic mass is 9.88. The molecule has 1 aliphatic carbocycles. The van der Waals surface area contributed by atoms with Crippen LogP contribution in [0.3, 0.4) is 0 Å². The van der Waals surface area contributed by atoms with Gasteiger partial charge in [-0.3, -0.25) is 25.2 Å². The SMILES string of the molecule is CC(C)c1ccccc1OCC(=O)NNC(=O)c1ccc(NC(=O)C2CCCCC2)cc1. The summed E-state index contributed by atoms with van der Waals surface area (Å²) in [5, 5.41) is 2.92. The first-order chi connectivity index (χ1) is 15.4. The molecular weight excluding hydrogens is 406 g/mol. The summed E-state index contributed by atoms with van der Waals surface area (Å²) in [6.07, 6.45) is 5.25. The largest absolute Gasteiger partial charge is 0.483 e. The highest BCUT2D eigenvalue weighted by Gasteiger charge is 2.21. The van der Waals surface area contributed by atoms with Gasteiger partial charge in [-0.25, -0.2) is 0 Å². The van der Waals surface area contributed by atoms with Crippen LogP contribution in [0, 0.1) is 5.92 Å². The van der Waals surface area contributed by atoms with E-state index in [9.17, 15) is 14.4 Å². The predicted octanol–water partition coefficient (Wildman–Crippen LogP) is 4.17. The van der Waals surface area contributed by atoms with Gasteiger partial charge >= 0.3 is 0 Å². The number of rotatable bonds is 7. The van der Waals surface area contributed by atoms with Crippen molar-refractivity contribution in [3.05, 3.63) is 59.7 Å². The van der Waals surface area contributed by atoms with Gasteiger partial charge in [0.1, 0.15) is 5.75 Å². The van der Waals surface area contributed by atoms with Gasteiger partial charge in [0.2, 0.25) is 5.91 Å². The zero-order chi connectivity index (χ0) is 22.9. The van der Waals surface area contributed by atoms with E-state index in [1.54, 1.807) is 24.3 Å². The number of amides is 3. The Morgan fingerprint density at radius 1 is 0.938 bits per heavy atom. The van der Waals surface area contributed by atoms with Crippen molar-refractivity contribution in [1.82, 2.24) is 10.9 Å². The molecule has 2 aromatic rings. The molecule has 7 heteroatoms. The average molecular weight is 438 g/mol. The number of hydrogen-bond donors (Lipinski definition) is 3. The predicted molar refractivity (Wildman–Crippen MR) is 123 cm³/mol. The fourth-order valence-corrected chi connectivity index (χ4v) is 3.78. The van der Waals surface area contributed by atoms with Gasteiger partial charge in [-0.05, 0) is 54.7 Å². The van der Waals surface area contributed by atoms with Crippen molar-refractivity contribution < 1.29 is 19.1 Å². The third-order valence-electron chi connectivity index (χ3n) is 5.61. The van der Waals surface area contributed by atoms with E-state index in [1.165, 1.54) is 6.42 Å². The molecule has 0 unspecified atom stereocenters. The summed E-state index contributed by atoms with van der Waals surface area (Å²) in [5.74, 6) is 0.100. The molecule has 0 saturated heterocycles. The van der Waals surface area contributed by atoms with Crippen LogP contribution in [0.4, 0.5) is 5.69 Å². The molecule has 3 amide bonds. The van der Waals surface area contributed by atoms with E-state index in [1.807, 2.05) is 24.3 Å². The first-order valence-corrected chi connectivity index (χ1v) is 11.2. The first kappa shape index (κ1) is 23.3. The molecule has 170 valence electrons. The highest BCUT2D eigenvalue weighted by atomic mass is 16.5. The Morgan fingerprint density at radius 3 is 2.31 bits per heavy atom. The Bertz CT molecular complexity index is 934. The van der Waals surface area contributed by atoms with Gasteiger partial charge in [0, 0.05) is 17.2 Å². The Kier molecular flexibility index (Phi) is 8.25. The molecule has 0 aromatic heterocycles. The van der Waals surface area contributed by atoms with Gasteiger partial charge in [-0.1, -0.05) is 51.3 Å². The maximum atomic E-state index is 12.3. The standard InChI is InChI=1S/C25H31N3O4/c1-17(2)21-10-6-7-11-22(21)32-16-23(29)27-28-25(31)19-12-14-20(15-13-19)26-24(30)18-8-4-3-5-9-18/h6-7,10-15,17-18H,3-5,8-9,16H2,1-2H3,(H,26,30)(H,27,29)(H,28,31). The van der Waals surface area contributed by atoms with Crippen LogP contribution in [0.15, 0.2) is 48.5 Å². The Morgan fingerprint density at radius 2 is 1.62 bits per heavy atom. The minimum atomic E-state index is -0.465. The number of carbonyl (C=O) groups excluding carboxylic acids is 3. The fourth-order valence-electron chi connectivity index (χ4n) is 3.78. The summed E-state index contributed by atoms with van der Waals surface area (Å²) in [6.45, 7) is 3.89. The van der Waals surface area contributed by atoms with E-state index in [-0.39, 0.29) is 24.3 Å². The minimum absolute atomic E-state index is 0.0354. The van der Waals surface area contributed by atoms with E-state index in [2.05, 4.69) is 30.0 Å². The lowest BCUT2D eigenvalue weighted by Gasteiger charge is -2.20. The maximum absolute atomic E-state index is 12.3. The lowest BCUT2D eigenvalue weighted by molar-refractivity contribution is -0.124. The molecule has 1 aliphatic rings. The van der Waals surface area contributed by atoms with Crippen molar-refractivity contribution in [2.24, 2.45) is 5.92 Å². The van der Waals surface area contributed by atoms with Crippen LogP contribution in [-0.4, -0.2) is 24.3 Å². The second-order valence-electron chi connectivity index (χ2n) is 8.39. The molecule has 3 N–H and O–H groups in total. The average Bonchev–Trinajstić information content (AvgIpc) is 2.82. The van der Waals surface area contributed by atoms with Crippen LogP contribution < -0.4 is 20.9 Å². The summed E-state index contributed by atoms with van der Waals surface area (Å²) in [5.41, 5.74) is 6.77. The second kappa shape index (κ2) is 11.3. The molecule has 1 fully saturated rings. The fraction of sp³-hybridized carbons (Fsp3) is 0.400. The van der Waals surface area contributed by atoms with Gasteiger partial charge in [0.25, 0.3) is 11.8 Å². The minimum Gasteiger partial charge on any atom is -0.483 e. The highest BCUT2D eigenvalue weighted by molar-refractivity contribution is 5.97. The van der Waals surface area contributed by atoms with E-state index in [0.29, 0.717) is 17.0 Å². The number of ether oxygens (including phenoxy) is 1. The van der Waals surface area contributed by atoms with Crippen molar-refractivity contribution >= 4 is 23.4 Å². The molecule has 2 aromatic carbocycles. The normalized spacial score (nSPS) is 14.0. The number of para-hydroxylation sites is 1.